The van der Waals surface area contributed by atoms with Crippen molar-refractivity contribution in [3.8, 4) is 0 Å². The molecule has 3 atom stereocenters. The van der Waals surface area contributed by atoms with Gasteiger partial charge in [-0.3, -0.25) is 0 Å². The first-order chi connectivity index (χ1) is 5.13. The van der Waals surface area contributed by atoms with Gasteiger partial charge in [-0.05, 0) is 12.8 Å². The first-order valence-corrected chi connectivity index (χ1v) is 4.49. The Morgan fingerprint density at radius 3 is 2.00 bits per heavy atom. The average Bonchev–Trinajstić information content (AvgIpc) is 2.02. The molecule has 0 aliphatic heterocycles. The fraction of sp³-hybridized carbons (Fsp3) is 1.00. The Labute approximate surface area is 69.2 Å². The minimum atomic E-state index is -0.350. The van der Waals surface area contributed by atoms with Crippen LogP contribution in [0.25, 0.3) is 0 Å². The molecule has 0 bridgehead atoms. The van der Waals surface area contributed by atoms with Crippen LogP contribution in [0.15, 0.2) is 0 Å². The van der Waals surface area contributed by atoms with Crippen LogP contribution in [-0.4, -0.2) is 22.4 Å². The zero-order valence-electron chi connectivity index (χ0n) is 7.75. The second-order valence-corrected chi connectivity index (χ2v) is 3.19. The van der Waals surface area contributed by atoms with Crippen molar-refractivity contribution in [1.29, 1.82) is 0 Å². The molecule has 0 spiro atoms. The molecule has 0 unspecified atom stereocenters. The molecule has 0 aliphatic carbocycles. The van der Waals surface area contributed by atoms with Crippen LogP contribution in [0.2, 0.25) is 0 Å². The lowest BCUT2D eigenvalue weighted by Crippen LogP contribution is -2.28. The Hall–Kier alpha value is -0.0800. The standard InChI is InChI=1S/C9H20O2/c1-4-6-9(11)7(3)8(10)5-2/h7-11H,4-6H2,1-3H3/t7-,8+,9-/m0/s1. The van der Waals surface area contributed by atoms with E-state index in [0.29, 0.717) is 0 Å². The molecule has 2 N–H and O–H groups in total. The molecule has 0 heterocycles. The minimum absolute atomic E-state index is 0.0138. The summed E-state index contributed by atoms with van der Waals surface area (Å²) in [6.07, 6.45) is 1.80. The Bertz CT molecular complexity index is 93.6. The summed E-state index contributed by atoms with van der Waals surface area (Å²) in [7, 11) is 0. The molecule has 2 nitrogen and oxygen atoms in total. The van der Waals surface area contributed by atoms with E-state index in [1.807, 2.05) is 20.8 Å². The van der Waals surface area contributed by atoms with Gasteiger partial charge in [0.15, 0.2) is 0 Å². The quantitative estimate of drug-likeness (QED) is 0.640. The maximum absolute atomic E-state index is 9.46. The van der Waals surface area contributed by atoms with Gasteiger partial charge < -0.3 is 10.2 Å². The smallest absolute Gasteiger partial charge is 0.0590 e. The van der Waals surface area contributed by atoms with E-state index in [1.165, 1.54) is 0 Å². The van der Waals surface area contributed by atoms with Gasteiger partial charge in [0.1, 0.15) is 0 Å². The van der Waals surface area contributed by atoms with Crippen LogP contribution < -0.4 is 0 Å². The highest BCUT2D eigenvalue weighted by Gasteiger charge is 2.19. The summed E-state index contributed by atoms with van der Waals surface area (Å²) >= 11 is 0. The van der Waals surface area contributed by atoms with E-state index in [2.05, 4.69) is 0 Å². The molecule has 0 radical (unpaired) electrons. The normalized spacial score (nSPS) is 19.4. The summed E-state index contributed by atoms with van der Waals surface area (Å²) < 4.78 is 0. The zero-order valence-corrected chi connectivity index (χ0v) is 7.75. The van der Waals surface area contributed by atoms with Gasteiger partial charge in [0.2, 0.25) is 0 Å². The van der Waals surface area contributed by atoms with Gasteiger partial charge in [-0.15, -0.1) is 0 Å². The first kappa shape index (κ1) is 10.9. The predicted molar refractivity (Wildman–Crippen MR) is 46.4 cm³/mol. The van der Waals surface area contributed by atoms with Gasteiger partial charge in [0, 0.05) is 5.92 Å². The SMILES string of the molecule is CCC[C@H](O)[C@@H](C)[C@H](O)CC. The summed E-state index contributed by atoms with van der Waals surface area (Å²) in [6, 6.07) is 0. The van der Waals surface area contributed by atoms with E-state index in [9.17, 15) is 10.2 Å². The summed E-state index contributed by atoms with van der Waals surface area (Å²) in [6.45, 7) is 5.86. The van der Waals surface area contributed by atoms with Crippen LogP contribution in [0, 0.1) is 5.92 Å². The maximum Gasteiger partial charge on any atom is 0.0590 e. The molecule has 0 aliphatic rings. The molecular weight excluding hydrogens is 140 g/mol. The summed E-state index contributed by atoms with van der Waals surface area (Å²) in [4.78, 5) is 0. The highest BCUT2D eigenvalue weighted by Crippen LogP contribution is 2.15. The van der Waals surface area contributed by atoms with E-state index in [-0.39, 0.29) is 18.1 Å². The third kappa shape index (κ3) is 3.73. The molecule has 0 aromatic rings. The van der Waals surface area contributed by atoms with Crippen LogP contribution in [0.5, 0.6) is 0 Å². The maximum atomic E-state index is 9.46. The Morgan fingerprint density at radius 2 is 1.64 bits per heavy atom. The predicted octanol–water partition coefficient (Wildman–Crippen LogP) is 1.55. The van der Waals surface area contributed by atoms with Gasteiger partial charge in [-0.1, -0.05) is 27.2 Å². The fourth-order valence-electron chi connectivity index (χ4n) is 1.19. The van der Waals surface area contributed by atoms with Crippen LogP contribution in [0.4, 0.5) is 0 Å². The molecule has 2 heteroatoms. The molecule has 0 aromatic carbocycles. The lowest BCUT2D eigenvalue weighted by molar-refractivity contribution is 0.0159. The lowest BCUT2D eigenvalue weighted by atomic mass is 9.94. The number of aliphatic hydroxyl groups excluding tert-OH is 2. The molecule has 0 amide bonds. The third-order valence-corrected chi connectivity index (χ3v) is 2.22. The van der Waals surface area contributed by atoms with E-state index >= 15 is 0 Å². The van der Waals surface area contributed by atoms with Crippen LogP contribution in [0.1, 0.15) is 40.0 Å². The van der Waals surface area contributed by atoms with E-state index in [4.69, 9.17) is 0 Å². The number of hydrogen-bond donors (Lipinski definition) is 2. The fourth-order valence-corrected chi connectivity index (χ4v) is 1.19. The van der Waals surface area contributed by atoms with Crippen molar-refractivity contribution >= 4 is 0 Å². The Morgan fingerprint density at radius 1 is 1.09 bits per heavy atom. The highest BCUT2D eigenvalue weighted by atomic mass is 16.3. The largest absolute Gasteiger partial charge is 0.393 e. The van der Waals surface area contributed by atoms with Crippen molar-refractivity contribution in [2.75, 3.05) is 0 Å². The molecular formula is C9H20O2. The lowest BCUT2D eigenvalue weighted by Gasteiger charge is -2.22. The summed E-state index contributed by atoms with van der Waals surface area (Å²) in [5, 5.41) is 18.8. The van der Waals surface area contributed by atoms with Crippen molar-refractivity contribution < 1.29 is 10.2 Å². The van der Waals surface area contributed by atoms with Crippen molar-refractivity contribution in [2.45, 2.75) is 52.2 Å². The van der Waals surface area contributed by atoms with Crippen molar-refractivity contribution in [3.63, 3.8) is 0 Å². The molecule has 68 valence electrons. The average molecular weight is 160 g/mol. The molecule has 0 saturated carbocycles. The van der Waals surface area contributed by atoms with Crippen LogP contribution >= 0.6 is 0 Å². The van der Waals surface area contributed by atoms with Gasteiger partial charge in [-0.25, -0.2) is 0 Å². The Kier molecular flexibility index (Phi) is 5.51. The summed E-state index contributed by atoms with van der Waals surface area (Å²) in [5.74, 6) is 0.0138. The van der Waals surface area contributed by atoms with E-state index in [1.54, 1.807) is 0 Å². The topological polar surface area (TPSA) is 40.5 Å². The van der Waals surface area contributed by atoms with Crippen molar-refractivity contribution in [2.24, 2.45) is 5.92 Å². The van der Waals surface area contributed by atoms with Crippen LogP contribution in [-0.2, 0) is 0 Å². The van der Waals surface area contributed by atoms with Crippen LogP contribution in [0.3, 0.4) is 0 Å². The molecule has 0 aromatic heterocycles. The monoisotopic (exact) mass is 160 g/mol. The summed E-state index contributed by atoms with van der Waals surface area (Å²) in [5.41, 5.74) is 0. The Balaban J connectivity index is 3.70. The molecule has 0 saturated heterocycles. The number of aliphatic hydroxyl groups is 2. The first-order valence-electron chi connectivity index (χ1n) is 4.49. The van der Waals surface area contributed by atoms with Gasteiger partial charge in [0.05, 0.1) is 12.2 Å². The highest BCUT2D eigenvalue weighted by molar-refractivity contribution is 4.70. The number of hydrogen-bond acceptors (Lipinski definition) is 2. The van der Waals surface area contributed by atoms with Crippen molar-refractivity contribution in [3.05, 3.63) is 0 Å². The third-order valence-electron chi connectivity index (χ3n) is 2.22. The van der Waals surface area contributed by atoms with Crippen molar-refractivity contribution in [1.82, 2.24) is 0 Å². The van der Waals surface area contributed by atoms with E-state index < -0.39 is 0 Å². The van der Waals surface area contributed by atoms with E-state index in [0.717, 1.165) is 19.3 Å². The second-order valence-electron chi connectivity index (χ2n) is 3.19. The minimum Gasteiger partial charge on any atom is -0.393 e. The molecule has 0 rings (SSSR count). The number of rotatable bonds is 5. The van der Waals surface area contributed by atoms with Gasteiger partial charge in [0.25, 0.3) is 0 Å². The molecule has 0 fully saturated rings. The second kappa shape index (κ2) is 5.56. The zero-order chi connectivity index (χ0) is 8.85. The van der Waals surface area contributed by atoms with Gasteiger partial charge >= 0.3 is 0 Å². The van der Waals surface area contributed by atoms with Gasteiger partial charge in [-0.2, -0.15) is 0 Å². The molecule has 11 heavy (non-hydrogen) atoms.